The summed E-state index contributed by atoms with van der Waals surface area (Å²) < 4.78 is 38.3. The molecule has 0 aromatic heterocycles. The number of hydrogen-bond acceptors (Lipinski definition) is 5. The molecular formula is C19H23ClN2O4S. The quantitative estimate of drug-likeness (QED) is 0.791. The van der Waals surface area contributed by atoms with Gasteiger partial charge in [0, 0.05) is 24.8 Å². The van der Waals surface area contributed by atoms with E-state index in [0.717, 1.165) is 37.4 Å². The Morgan fingerprint density at radius 1 is 1.04 bits per heavy atom. The van der Waals surface area contributed by atoms with Crippen molar-refractivity contribution in [3.63, 3.8) is 0 Å². The maximum atomic E-state index is 12.6. The summed E-state index contributed by atoms with van der Waals surface area (Å²) in [6.45, 7) is 1.56. The first-order valence-electron chi connectivity index (χ1n) is 8.68. The maximum absolute atomic E-state index is 12.6. The van der Waals surface area contributed by atoms with Crippen LogP contribution in [0.5, 0.6) is 11.5 Å². The molecule has 0 aliphatic carbocycles. The van der Waals surface area contributed by atoms with Crippen molar-refractivity contribution in [3.05, 3.63) is 47.5 Å². The van der Waals surface area contributed by atoms with Gasteiger partial charge in [0.25, 0.3) is 0 Å². The summed E-state index contributed by atoms with van der Waals surface area (Å²) in [5.74, 6) is 1.27. The van der Waals surface area contributed by atoms with Crippen molar-refractivity contribution in [1.82, 2.24) is 4.72 Å². The van der Waals surface area contributed by atoms with Gasteiger partial charge in [-0.05, 0) is 55.3 Å². The molecule has 2 aromatic carbocycles. The molecule has 8 heteroatoms. The molecule has 27 heavy (non-hydrogen) atoms. The number of anilines is 1. The van der Waals surface area contributed by atoms with Crippen LogP contribution >= 0.6 is 11.6 Å². The summed E-state index contributed by atoms with van der Waals surface area (Å²) in [7, 11) is -0.492. The normalized spacial score (nSPS) is 15.6. The molecule has 0 atom stereocenters. The molecule has 0 amide bonds. The zero-order valence-corrected chi connectivity index (χ0v) is 16.9. The first kappa shape index (κ1) is 19.8. The van der Waals surface area contributed by atoms with Crippen LogP contribution in [0.3, 0.4) is 0 Å². The number of ether oxygens (including phenoxy) is 2. The lowest BCUT2D eigenvalue weighted by molar-refractivity contribution is 0.414. The Morgan fingerprint density at radius 3 is 2.26 bits per heavy atom. The second-order valence-corrected chi connectivity index (χ2v) is 8.50. The van der Waals surface area contributed by atoms with Crippen LogP contribution < -0.4 is 19.1 Å². The highest BCUT2D eigenvalue weighted by Gasteiger charge is 2.25. The lowest BCUT2D eigenvalue weighted by atomic mass is 10.1. The molecule has 1 N–H and O–H groups in total. The van der Waals surface area contributed by atoms with Crippen LogP contribution in [-0.4, -0.2) is 41.8 Å². The molecule has 2 aromatic rings. The van der Waals surface area contributed by atoms with Crippen LogP contribution in [0.15, 0.2) is 47.4 Å². The summed E-state index contributed by atoms with van der Waals surface area (Å²) in [5, 5.41) is 0.273. The van der Waals surface area contributed by atoms with E-state index in [4.69, 9.17) is 21.1 Å². The second kappa shape index (κ2) is 8.37. The highest BCUT2D eigenvalue weighted by molar-refractivity contribution is 7.89. The number of nitrogens with zero attached hydrogens (tertiary/aromatic N) is 1. The SMILES string of the molecule is COc1ccc(N2CCC(NS(=O)(=O)c3ccc(OC)c(Cl)c3)CC2)cc1. The monoisotopic (exact) mass is 410 g/mol. The Morgan fingerprint density at radius 2 is 1.70 bits per heavy atom. The zero-order chi connectivity index (χ0) is 19.4. The number of hydrogen-bond donors (Lipinski definition) is 1. The van der Waals surface area contributed by atoms with Crippen LogP contribution in [0.25, 0.3) is 0 Å². The van der Waals surface area contributed by atoms with Gasteiger partial charge < -0.3 is 14.4 Å². The largest absolute Gasteiger partial charge is 0.497 e. The molecular weight excluding hydrogens is 388 g/mol. The number of sulfonamides is 1. The summed E-state index contributed by atoms with van der Waals surface area (Å²) in [6.07, 6.45) is 1.46. The fourth-order valence-electron chi connectivity index (χ4n) is 3.15. The molecule has 1 heterocycles. The highest BCUT2D eigenvalue weighted by atomic mass is 35.5. The van der Waals surface area contributed by atoms with Gasteiger partial charge in [-0.15, -0.1) is 0 Å². The van der Waals surface area contributed by atoms with Gasteiger partial charge in [-0.2, -0.15) is 0 Å². The Labute approximate surface area is 165 Å². The standard InChI is InChI=1S/C19H23ClN2O4S/c1-25-16-5-3-15(4-6-16)22-11-9-14(10-12-22)21-27(23,24)17-7-8-19(26-2)18(20)13-17/h3-8,13-14,21H,9-12H2,1-2H3. The van der Waals surface area contributed by atoms with Gasteiger partial charge in [-0.1, -0.05) is 11.6 Å². The lowest BCUT2D eigenvalue weighted by Crippen LogP contribution is -2.44. The Hall–Kier alpha value is -1.96. The van der Waals surface area contributed by atoms with Crippen molar-refractivity contribution in [2.75, 3.05) is 32.2 Å². The van der Waals surface area contributed by atoms with Crippen LogP contribution in [0.2, 0.25) is 5.02 Å². The molecule has 3 rings (SSSR count). The lowest BCUT2D eigenvalue weighted by Gasteiger charge is -2.33. The van der Waals surface area contributed by atoms with E-state index in [1.54, 1.807) is 13.2 Å². The van der Waals surface area contributed by atoms with Gasteiger partial charge in [-0.25, -0.2) is 13.1 Å². The predicted molar refractivity (Wildman–Crippen MR) is 107 cm³/mol. The highest BCUT2D eigenvalue weighted by Crippen LogP contribution is 2.28. The molecule has 0 radical (unpaired) electrons. The van der Waals surface area contributed by atoms with E-state index < -0.39 is 10.0 Å². The van der Waals surface area contributed by atoms with Crippen molar-refractivity contribution in [1.29, 1.82) is 0 Å². The summed E-state index contributed by atoms with van der Waals surface area (Å²) >= 11 is 6.05. The van der Waals surface area contributed by atoms with Gasteiger partial charge in [0.1, 0.15) is 11.5 Å². The third-order valence-electron chi connectivity index (χ3n) is 4.69. The predicted octanol–water partition coefficient (Wildman–Crippen LogP) is 3.30. The first-order valence-corrected chi connectivity index (χ1v) is 10.5. The number of piperidine rings is 1. The van der Waals surface area contributed by atoms with Crippen LogP contribution in [0, 0.1) is 0 Å². The fraction of sp³-hybridized carbons (Fsp3) is 0.368. The molecule has 0 bridgehead atoms. The number of rotatable bonds is 6. The summed E-state index contributed by atoms with van der Waals surface area (Å²) in [4.78, 5) is 2.39. The molecule has 1 fully saturated rings. The Kier molecular flexibility index (Phi) is 6.14. The molecule has 1 aliphatic rings. The molecule has 0 saturated carbocycles. The number of nitrogens with one attached hydrogen (secondary N) is 1. The van der Waals surface area contributed by atoms with Crippen molar-refractivity contribution >= 4 is 27.3 Å². The zero-order valence-electron chi connectivity index (χ0n) is 15.3. The van der Waals surface area contributed by atoms with Crippen molar-refractivity contribution in [2.45, 2.75) is 23.8 Å². The van der Waals surface area contributed by atoms with Gasteiger partial charge >= 0.3 is 0 Å². The van der Waals surface area contributed by atoms with Crippen LogP contribution in [-0.2, 0) is 10.0 Å². The molecule has 6 nitrogen and oxygen atoms in total. The number of methoxy groups -OCH3 is 2. The minimum absolute atomic E-state index is 0.106. The van der Waals surface area contributed by atoms with Crippen molar-refractivity contribution in [2.24, 2.45) is 0 Å². The minimum Gasteiger partial charge on any atom is -0.497 e. The second-order valence-electron chi connectivity index (χ2n) is 6.38. The first-order chi connectivity index (χ1) is 12.9. The van der Waals surface area contributed by atoms with Crippen molar-refractivity contribution in [3.8, 4) is 11.5 Å². The van der Waals surface area contributed by atoms with E-state index in [0.29, 0.717) is 5.75 Å². The number of halogens is 1. The van der Waals surface area contributed by atoms with Gasteiger partial charge in [0.05, 0.1) is 24.1 Å². The Balaban J connectivity index is 1.61. The third-order valence-corrected chi connectivity index (χ3v) is 6.50. The van der Waals surface area contributed by atoms with Gasteiger partial charge in [-0.3, -0.25) is 0 Å². The van der Waals surface area contributed by atoms with E-state index in [-0.39, 0.29) is 16.0 Å². The average Bonchev–Trinajstić information content (AvgIpc) is 2.68. The average molecular weight is 411 g/mol. The summed E-state index contributed by atoms with van der Waals surface area (Å²) in [5.41, 5.74) is 1.11. The van der Waals surface area contributed by atoms with Crippen molar-refractivity contribution < 1.29 is 17.9 Å². The van der Waals surface area contributed by atoms with E-state index in [1.807, 2.05) is 24.3 Å². The van der Waals surface area contributed by atoms with E-state index in [2.05, 4.69) is 9.62 Å². The molecule has 0 spiro atoms. The molecule has 1 saturated heterocycles. The van der Waals surface area contributed by atoms with E-state index in [1.165, 1.54) is 19.2 Å². The van der Waals surface area contributed by atoms with E-state index in [9.17, 15) is 8.42 Å². The van der Waals surface area contributed by atoms with Gasteiger partial charge in [0.2, 0.25) is 10.0 Å². The maximum Gasteiger partial charge on any atom is 0.240 e. The smallest absolute Gasteiger partial charge is 0.240 e. The Bertz CT molecular complexity index is 879. The molecule has 1 aliphatic heterocycles. The van der Waals surface area contributed by atoms with Gasteiger partial charge in [0.15, 0.2) is 0 Å². The van der Waals surface area contributed by atoms with Crippen LogP contribution in [0.4, 0.5) is 5.69 Å². The van der Waals surface area contributed by atoms with E-state index >= 15 is 0 Å². The third kappa shape index (κ3) is 4.66. The molecule has 0 unspecified atom stereocenters. The molecule has 146 valence electrons. The fourth-order valence-corrected chi connectivity index (χ4v) is 4.80. The van der Waals surface area contributed by atoms with Crippen LogP contribution in [0.1, 0.15) is 12.8 Å². The topological polar surface area (TPSA) is 67.9 Å². The number of benzene rings is 2. The minimum atomic E-state index is -3.62. The summed E-state index contributed by atoms with van der Waals surface area (Å²) in [6, 6.07) is 12.3.